The number of para-hydroxylation sites is 2. The SMILES string of the molecule is C1=CNc2ccccc2C=C1.Cc1ccccc1Nc1ccc(C(=O)C2=c3ccc4c(c3CCC2)C(OCC(=O)O)C=c2c(Cl)cccc2=4)cn1. The molecule has 1 unspecified atom stereocenters. The quantitative estimate of drug-likeness (QED) is 0.149. The van der Waals surface area contributed by atoms with Crippen molar-refractivity contribution in [1.29, 1.82) is 0 Å². The molecule has 1 aliphatic heterocycles. The predicted octanol–water partition coefficient (Wildman–Crippen LogP) is 8.02. The number of pyridine rings is 1. The van der Waals surface area contributed by atoms with E-state index in [2.05, 4.69) is 33.8 Å². The summed E-state index contributed by atoms with van der Waals surface area (Å²) in [7, 11) is 0. The minimum atomic E-state index is -1.04. The van der Waals surface area contributed by atoms with Crippen LogP contribution < -0.4 is 21.1 Å². The fourth-order valence-corrected chi connectivity index (χ4v) is 7.05. The van der Waals surface area contributed by atoms with Crippen LogP contribution in [0.2, 0.25) is 5.02 Å². The van der Waals surface area contributed by atoms with Gasteiger partial charge in [-0.3, -0.25) is 4.79 Å². The number of Topliss-reactive ketones (excluding diaryl/α,β-unsaturated/α-hetero) is 1. The third kappa shape index (κ3) is 7.26. The maximum absolute atomic E-state index is 13.8. The number of carbonyl (C=O) groups excluding carboxylic acids is 1. The van der Waals surface area contributed by atoms with Gasteiger partial charge in [-0.25, -0.2) is 9.78 Å². The average Bonchev–Trinajstić information content (AvgIpc) is 3.41. The number of carbonyl (C=O) groups is 2. The minimum Gasteiger partial charge on any atom is -0.480 e. The Morgan fingerprint density at radius 3 is 2.57 bits per heavy atom. The second kappa shape index (κ2) is 15.0. The van der Waals surface area contributed by atoms with Crippen LogP contribution >= 0.6 is 11.6 Å². The van der Waals surface area contributed by atoms with Crippen LogP contribution in [0.3, 0.4) is 0 Å². The number of nitrogens with one attached hydrogen (secondary N) is 2. The van der Waals surface area contributed by atoms with E-state index in [9.17, 15) is 14.7 Å². The van der Waals surface area contributed by atoms with Crippen LogP contribution in [-0.2, 0) is 16.0 Å². The lowest BCUT2D eigenvalue weighted by atomic mass is 9.83. The second-order valence-corrected chi connectivity index (χ2v) is 12.9. The van der Waals surface area contributed by atoms with Gasteiger partial charge in [-0.2, -0.15) is 0 Å². The Hall–Kier alpha value is -5.76. The summed E-state index contributed by atoms with van der Waals surface area (Å²) in [5.41, 5.74) is 7.67. The van der Waals surface area contributed by atoms with Crippen LogP contribution in [0.25, 0.3) is 17.7 Å². The van der Waals surface area contributed by atoms with E-state index in [1.54, 1.807) is 12.3 Å². The molecule has 0 amide bonds. The van der Waals surface area contributed by atoms with Crippen molar-refractivity contribution < 1.29 is 19.4 Å². The molecule has 2 heterocycles. The van der Waals surface area contributed by atoms with E-state index in [0.717, 1.165) is 67.4 Å². The number of carboxylic acids is 1. The van der Waals surface area contributed by atoms with E-state index in [1.165, 1.54) is 5.56 Å². The Bertz CT molecular complexity index is 2440. The van der Waals surface area contributed by atoms with Gasteiger partial charge in [0.15, 0.2) is 5.78 Å². The Morgan fingerprint density at radius 1 is 0.922 bits per heavy atom. The number of anilines is 3. The topological polar surface area (TPSA) is 101 Å². The molecule has 1 aromatic heterocycles. The van der Waals surface area contributed by atoms with Gasteiger partial charge in [0.2, 0.25) is 0 Å². The van der Waals surface area contributed by atoms with Crippen molar-refractivity contribution in [2.75, 3.05) is 17.2 Å². The molecule has 3 N–H and O–H groups in total. The highest BCUT2D eigenvalue weighted by Crippen LogP contribution is 2.31. The highest BCUT2D eigenvalue weighted by molar-refractivity contribution is 6.30. The lowest BCUT2D eigenvalue weighted by Crippen LogP contribution is -2.28. The number of aromatic nitrogens is 1. The van der Waals surface area contributed by atoms with E-state index >= 15 is 0 Å². The third-order valence-electron chi connectivity index (χ3n) is 9.26. The number of hydrogen-bond donors (Lipinski definition) is 3. The highest BCUT2D eigenvalue weighted by atomic mass is 35.5. The fraction of sp³-hybridized carbons (Fsp3) is 0.140. The molecule has 8 heteroatoms. The summed E-state index contributed by atoms with van der Waals surface area (Å²) in [5, 5.41) is 20.0. The van der Waals surface area contributed by atoms with Crippen molar-refractivity contribution in [2.24, 2.45) is 0 Å². The first-order chi connectivity index (χ1) is 24.9. The Balaban J connectivity index is 0.000000313. The molecule has 8 rings (SSSR count). The molecule has 7 nitrogen and oxygen atoms in total. The van der Waals surface area contributed by atoms with Gasteiger partial charge in [-0.1, -0.05) is 84.4 Å². The number of aryl methyl sites for hydroxylation is 1. The molecule has 3 aliphatic rings. The van der Waals surface area contributed by atoms with E-state index in [-0.39, 0.29) is 5.78 Å². The molecule has 0 saturated carbocycles. The third-order valence-corrected chi connectivity index (χ3v) is 9.59. The zero-order valence-corrected chi connectivity index (χ0v) is 28.8. The van der Waals surface area contributed by atoms with E-state index in [0.29, 0.717) is 22.8 Å². The Labute approximate surface area is 300 Å². The minimum absolute atomic E-state index is 0.0536. The van der Waals surface area contributed by atoms with Crippen molar-refractivity contribution in [3.63, 3.8) is 0 Å². The van der Waals surface area contributed by atoms with Crippen molar-refractivity contribution in [1.82, 2.24) is 4.98 Å². The molecule has 254 valence electrons. The van der Waals surface area contributed by atoms with Gasteiger partial charge in [0.1, 0.15) is 18.5 Å². The van der Waals surface area contributed by atoms with E-state index < -0.39 is 18.7 Å². The molecule has 0 spiro atoms. The first kappa shape index (κ1) is 33.7. The Kier molecular flexibility index (Phi) is 9.92. The number of ketones is 1. The van der Waals surface area contributed by atoms with Gasteiger partial charge in [0, 0.05) is 39.9 Å². The molecular weight excluding hydrogens is 658 g/mol. The number of halogens is 1. The van der Waals surface area contributed by atoms with Crippen molar-refractivity contribution in [2.45, 2.75) is 32.3 Å². The maximum atomic E-state index is 13.8. The smallest absolute Gasteiger partial charge is 0.329 e. The van der Waals surface area contributed by atoms with Crippen LogP contribution in [0.1, 0.15) is 51.6 Å². The maximum Gasteiger partial charge on any atom is 0.329 e. The predicted molar refractivity (Wildman–Crippen MR) is 203 cm³/mol. The fourth-order valence-electron chi connectivity index (χ4n) is 6.81. The number of carboxylic acid groups (broad SMARTS) is 1. The highest BCUT2D eigenvalue weighted by Gasteiger charge is 2.26. The molecule has 2 aliphatic carbocycles. The molecule has 51 heavy (non-hydrogen) atoms. The number of aliphatic carboxylic acids is 1. The second-order valence-electron chi connectivity index (χ2n) is 12.5. The standard InChI is InChI=1S/C33H27ClN2O4.C10H9N/c1-19-6-2-3-11-28(19)36-30-15-12-20(17-35-30)33(39)25-9-4-8-23-22(25)13-14-24-21-7-5-10-27(34)26(21)16-29(32(23)24)40-18-31(37)38;1-2-7-10-9(5-1)6-3-4-8-11-10/h2-3,5-7,10-17,29H,4,8-9,18H2,1H3,(H,35,36)(H,37,38);1-8,11H. The summed E-state index contributed by atoms with van der Waals surface area (Å²) >= 11 is 6.51. The zero-order valence-electron chi connectivity index (χ0n) is 28.0. The molecule has 5 aromatic rings. The van der Waals surface area contributed by atoms with Crippen molar-refractivity contribution in [3.05, 3.63) is 169 Å². The molecule has 4 aromatic carbocycles. The zero-order chi connectivity index (χ0) is 35.3. The summed E-state index contributed by atoms with van der Waals surface area (Å²) in [6, 6.07) is 29.5. The van der Waals surface area contributed by atoms with Gasteiger partial charge in [-0.15, -0.1) is 0 Å². The van der Waals surface area contributed by atoms with Crippen LogP contribution in [-0.4, -0.2) is 28.4 Å². The van der Waals surface area contributed by atoms with Gasteiger partial charge >= 0.3 is 5.97 Å². The number of benzene rings is 4. The first-order valence-electron chi connectivity index (χ1n) is 16.9. The number of allylic oxidation sites excluding steroid dienone is 2. The average molecular weight is 694 g/mol. The monoisotopic (exact) mass is 693 g/mol. The lowest BCUT2D eigenvalue weighted by molar-refractivity contribution is -0.143. The van der Waals surface area contributed by atoms with Crippen LogP contribution in [0.15, 0.2) is 116 Å². The molecule has 0 bridgehead atoms. The van der Waals surface area contributed by atoms with Crippen LogP contribution in [0.5, 0.6) is 0 Å². The largest absolute Gasteiger partial charge is 0.480 e. The van der Waals surface area contributed by atoms with Crippen LogP contribution in [0.4, 0.5) is 17.2 Å². The molecule has 0 radical (unpaired) electrons. The molecule has 0 saturated heterocycles. The number of nitrogens with zero attached hydrogens (tertiary/aromatic N) is 1. The van der Waals surface area contributed by atoms with Crippen LogP contribution in [0, 0.1) is 17.4 Å². The van der Waals surface area contributed by atoms with Gasteiger partial charge < -0.3 is 20.5 Å². The summed E-state index contributed by atoms with van der Waals surface area (Å²) in [6.45, 7) is 1.59. The van der Waals surface area contributed by atoms with Gasteiger partial charge in [0.25, 0.3) is 0 Å². The summed E-state index contributed by atoms with van der Waals surface area (Å²) in [6.07, 6.45) is 13.2. The van der Waals surface area contributed by atoms with E-state index in [1.807, 2.05) is 104 Å². The number of rotatable bonds is 7. The molecule has 0 fully saturated rings. The number of hydrogen-bond acceptors (Lipinski definition) is 6. The Morgan fingerprint density at radius 2 is 1.75 bits per heavy atom. The summed E-state index contributed by atoms with van der Waals surface area (Å²) < 4.78 is 5.87. The summed E-state index contributed by atoms with van der Waals surface area (Å²) in [4.78, 5) is 29.6. The van der Waals surface area contributed by atoms with Crippen molar-refractivity contribution in [3.8, 4) is 0 Å². The lowest BCUT2D eigenvalue weighted by Gasteiger charge is -2.25. The molecule has 1 atom stereocenters. The molecular formula is C43H36ClN3O4. The van der Waals surface area contributed by atoms with Gasteiger partial charge in [-0.05, 0) is 112 Å². The number of ether oxygens (including phenoxy) is 1. The summed E-state index contributed by atoms with van der Waals surface area (Å²) in [5.74, 6) is -0.428. The van der Waals surface area contributed by atoms with Gasteiger partial charge in [0.05, 0.1) is 0 Å². The number of fused-ring (bicyclic) bond motifs is 5. The first-order valence-corrected chi connectivity index (χ1v) is 17.3. The van der Waals surface area contributed by atoms with E-state index in [4.69, 9.17) is 16.3 Å². The van der Waals surface area contributed by atoms with Crippen molar-refractivity contribution >= 4 is 58.3 Å². The normalized spacial score (nSPS) is 14.9.